The largest absolute Gasteiger partial charge is 0.378 e. The Bertz CT molecular complexity index is 813. The van der Waals surface area contributed by atoms with Gasteiger partial charge in [0, 0.05) is 37.1 Å². The molecule has 1 aromatic carbocycles. The van der Waals surface area contributed by atoms with Gasteiger partial charge in [0.15, 0.2) is 0 Å². The molecule has 0 radical (unpaired) electrons. The maximum atomic E-state index is 12.9. The second kappa shape index (κ2) is 8.14. The molecule has 138 valence electrons. The number of anilines is 2. The molecule has 3 rings (SSSR count). The Morgan fingerprint density at radius 2 is 1.92 bits per heavy atom. The average Bonchev–Trinajstić information content (AvgIpc) is 2.66. The van der Waals surface area contributed by atoms with Crippen LogP contribution in [0.25, 0.3) is 0 Å². The molecule has 0 aliphatic carbocycles. The van der Waals surface area contributed by atoms with Gasteiger partial charge >= 0.3 is 0 Å². The first-order valence-corrected chi connectivity index (χ1v) is 8.86. The SMILES string of the molecule is CCN(C(=O)Cn1c(N2CCOCC2)nc(C)cc1=O)c1ccccc1. The zero-order valence-electron chi connectivity index (χ0n) is 15.2. The molecule has 2 aromatic rings. The van der Waals surface area contributed by atoms with Crippen molar-refractivity contribution in [1.82, 2.24) is 9.55 Å². The van der Waals surface area contributed by atoms with Gasteiger partial charge in [0.2, 0.25) is 11.9 Å². The van der Waals surface area contributed by atoms with Gasteiger partial charge in [-0.1, -0.05) is 18.2 Å². The third-order valence-electron chi connectivity index (χ3n) is 4.39. The molecule has 1 aliphatic rings. The van der Waals surface area contributed by atoms with Crippen LogP contribution in [0.15, 0.2) is 41.2 Å². The molecule has 0 unspecified atom stereocenters. The van der Waals surface area contributed by atoms with Crippen molar-refractivity contribution in [2.75, 3.05) is 42.6 Å². The maximum absolute atomic E-state index is 12.9. The lowest BCUT2D eigenvalue weighted by Gasteiger charge is -2.30. The predicted molar refractivity (Wildman–Crippen MR) is 101 cm³/mol. The van der Waals surface area contributed by atoms with Gasteiger partial charge in [0.1, 0.15) is 6.54 Å². The molecule has 0 spiro atoms. The molecule has 1 saturated heterocycles. The van der Waals surface area contributed by atoms with Crippen LogP contribution in [0.4, 0.5) is 11.6 Å². The van der Waals surface area contributed by atoms with Crippen LogP contribution < -0.4 is 15.4 Å². The number of carbonyl (C=O) groups is 1. The number of morpholine rings is 1. The van der Waals surface area contributed by atoms with Crippen LogP contribution in [0, 0.1) is 6.92 Å². The summed E-state index contributed by atoms with van der Waals surface area (Å²) in [5.41, 5.74) is 1.26. The zero-order valence-corrected chi connectivity index (χ0v) is 15.2. The zero-order chi connectivity index (χ0) is 18.5. The van der Waals surface area contributed by atoms with E-state index in [1.165, 1.54) is 10.6 Å². The van der Waals surface area contributed by atoms with Crippen molar-refractivity contribution in [2.45, 2.75) is 20.4 Å². The molecule has 0 N–H and O–H groups in total. The number of rotatable bonds is 5. The molecular weight excluding hydrogens is 332 g/mol. The highest BCUT2D eigenvalue weighted by atomic mass is 16.5. The van der Waals surface area contributed by atoms with Crippen molar-refractivity contribution in [3.63, 3.8) is 0 Å². The molecule has 0 atom stereocenters. The molecule has 7 nitrogen and oxygen atoms in total. The van der Waals surface area contributed by atoms with Gasteiger partial charge < -0.3 is 14.5 Å². The topological polar surface area (TPSA) is 67.7 Å². The fourth-order valence-electron chi connectivity index (χ4n) is 3.09. The highest BCUT2D eigenvalue weighted by molar-refractivity contribution is 5.93. The quantitative estimate of drug-likeness (QED) is 0.811. The summed E-state index contributed by atoms with van der Waals surface area (Å²) >= 11 is 0. The van der Waals surface area contributed by atoms with E-state index in [9.17, 15) is 9.59 Å². The second-order valence-corrected chi connectivity index (χ2v) is 6.19. The van der Waals surface area contributed by atoms with E-state index in [4.69, 9.17) is 4.74 Å². The van der Waals surface area contributed by atoms with E-state index >= 15 is 0 Å². The van der Waals surface area contributed by atoms with Crippen LogP contribution in [0.2, 0.25) is 0 Å². The van der Waals surface area contributed by atoms with Crippen molar-refractivity contribution >= 4 is 17.5 Å². The standard InChI is InChI=1S/C19H24N4O3/c1-3-22(16-7-5-4-6-8-16)18(25)14-23-17(24)13-15(2)20-19(23)21-9-11-26-12-10-21/h4-8,13H,3,9-12,14H2,1-2H3. The van der Waals surface area contributed by atoms with Gasteiger partial charge in [-0.2, -0.15) is 0 Å². The minimum Gasteiger partial charge on any atom is -0.378 e. The second-order valence-electron chi connectivity index (χ2n) is 6.19. The molecule has 1 aromatic heterocycles. The number of ether oxygens (including phenoxy) is 1. The summed E-state index contributed by atoms with van der Waals surface area (Å²) in [6.45, 7) is 6.68. The number of aryl methyl sites for hydroxylation is 1. The summed E-state index contributed by atoms with van der Waals surface area (Å²) in [4.78, 5) is 33.7. The molecule has 1 amide bonds. The normalized spacial score (nSPS) is 14.3. The summed E-state index contributed by atoms with van der Waals surface area (Å²) < 4.78 is 6.85. The first kappa shape index (κ1) is 18.1. The number of para-hydroxylation sites is 1. The Morgan fingerprint density at radius 1 is 1.23 bits per heavy atom. The Balaban J connectivity index is 1.91. The smallest absolute Gasteiger partial charge is 0.255 e. The van der Waals surface area contributed by atoms with E-state index in [2.05, 4.69) is 4.98 Å². The molecule has 2 heterocycles. The lowest BCUT2D eigenvalue weighted by molar-refractivity contribution is -0.119. The van der Waals surface area contributed by atoms with Crippen LogP contribution in [0.5, 0.6) is 0 Å². The van der Waals surface area contributed by atoms with Crippen LogP contribution in [-0.2, 0) is 16.1 Å². The van der Waals surface area contributed by atoms with Crippen molar-refractivity contribution in [3.05, 3.63) is 52.4 Å². The van der Waals surface area contributed by atoms with Gasteiger partial charge in [-0.25, -0.2) is 4.98 Å². The van der Waals surface area contributed by atoms with Gasteiger partial charge in [-0.15, -0.1) is 0 Å². The van der Waals surface area contributed by atoms with Crippen molar-refractivity contribution in [1.29, 1.82) is 0 Å². The third-order valence-corrected chi connectivity index (χ3v) is 4.39. The number of amides is 1. The molecule has 0 saturated carbocycles. The highest BCUT2D eigenvalue weighted by Crippen LogP contribution is 2.16. The molecular formula is C19H24N4O3. The number of aromatic nitrogens is 2. The summed E-state index contributed by atoms with van der Waals surface area (Å²) in [6, 6.07) is 10.9. The lowest BCUT2D eigenvalue weighted by Crippen LogP contribution is -2.43. The molecule has 0 bridgehead atoms. The molecule has 1 fully saturated rings. The Labute approximate surface area is 152 Å². The molecule has 1 aliphatic heterocycles. The first-order valence-electron chi connectivity index (χ1n) is 8.86. The number of carbonyl (C=O) groups excluding carboxylic acids is 1. The third kappa shape index (κ3) is 3.94. The van der Waals surface area contributed by atoms with Crippen molar-refractivity contribution in [2.24, 2.45) is 0 Å². The molecule has 7 heteroatoms. The minimum absolute atomic E-state index is 0.0401. The number of hydrogen-bond acceptors (Lipinski definition) is 5. The Kier molecular flexibility index (Phi) is 5.68. The van der Waals surface area contributed by atoms with Crippen LogP contribution >= 0.6 is 0 Å². The van der Waals surface area contributed by atoms with Crippen LogP contribution in [0.3, 0.4) is 0 Å². The lowest BCUT2D eigenvalue weighted by atomic mass is 10.3. The monoisotopic (exact) mass is 356 g/mol. The van der Waals surface area contributed by atoms with E-state index in [1.54, 1.807) is 11.8 Å². The Hall–Kier alpha value is -2.67. The van der Waals surface area contributed by atoms with Crippen LogP contribution in [0.1, 0.15) is 12.6 Å². The van der Waals surface area contributed by atoms with Gasteiger partial charge in [-0.05, 0) is 26.0 Å². The number of nitrogens with zero attached hydrogens (tertiary/aromatic N) is 4. The fraction of sp³-hybridized carbons (Fsp3) is 0.421. The summed E-state index contributed by atoms with van der Waals surface area (Å²) in [5.74, 6) is 0.400. The summed E-state index contributed by atoms with van der Waals surface area (Å²) in [5, 5.41) is 0. The van der Waals surface area contributed by atoms with E-state index in [0.29, 0.717) is 44.5 Å². The minimum atomic E-state index is -0.212. The maximum Gasteiger partial charge on any atom is 0.255 e. The Morgan fingerprint density at radius 3 is 2.58 bits per heavy atom. The number of hydrogen-bond donors (Lipinski definition) is 0. The number of likely N-dealkylation sites (N-methyl/N-ethyl adjacent to an activating group) is 1. The summed E-state index contributed by atoms with van der Waals surface area (Å²) in [7, 11) is 0. The van der Waals surface area contributed by atoms with Crippen molar-refractivity contribution < 1.29 is 9.53 Å². The van der Waals surface area contributed by atoms with Gasteiger partial charge in [0.05, 0.1) is 13.2 Å². The average molecular weight is 356 g/mol. The van der Waals surface area contributed by atoms with E-state index in [0.717, 1.165) is 5.69 Å². The first-order chi connectivity index (χ1) is 12.6. The van der Waals surface area contributed by atoms with E-state index < -0.39 is 0 Å². The van der Waals surface area contributed by atoms with Gasteiger partial charge in [0.25, 0.3) is 5.56 Å². The molecule has 26 heavy (non-hydrogen) atoms. The van der Waals surface area contributed by atoms with E-state index in [1.807, 2.05) is 42.2 Å². The van der Waals surface area contributed by atoms with Crippen LogP contribution in [-0.4, -0.2) is 48.3 Å². The highest BCUT2D eigenvalue weighted by Gasteiger charge is 2.21. The van der Waals surface area contributed by atoms with Gasteiger partial charge in [-0.3, -0.25) is 14.2 Å². The summed E-state index contributed by atoms with van der Waals surface area (Å²) in [6.07, 6.45) is 0. The number of benzene rings is 1. The van der Waals surface area contributed by atoms with Crippen molar-refractivity contribution in [3.8, 4) is 0 Å². The predicted octanol–water partition coefficient (Wildman–Crippen LogP) is 1.44. The van der Waals surface area contributed by atoms with E-state index in [-0.39, 0.29) is 18.0 Å². The fourth-order valence-corrected chi connectivity index (χ4v) is 3.09.